The second kappa shape index (κ2) is 5.92. The summed E-state index contributed by atoms with van der Waals surface area (Å²) in [7, 11) is 0. The van der Waals surface area contributed by atoms with Crippen LogP contribution in [0.1, 0.15) is 10.4 Å². The molecule has 19 heavy (non-hydrogen) atoms. The van der Waals surface area contributed by atoms with Gasteiger partial charge in [0.1, 0.15) is 5.82 Å². The van der Waals surface area contributed by atoms with Crippen molar-refractivity contribution in [3.05, 3.63) is 54.2 Å². The highest BCUT2D eigenvalue weighted by molar-refractivity contribution is 7.80. The lowest BCUT2D eigenvalue weighted by Gasteiger charge is -2.09. The first-order chi connectivity index (χ1) is 9.15. The topological polar surface area (TPSA) is 80.0 Å². The summed E-state index contributed by atoms with van der Waals surface area (Å²) < 4.78 is 0. The molecule has 0 radical (unpaired) electrons. The van der Waals surface area contributed by atoms with E-state index in [0.717, 1.165) is 5.69 Å². The number of anilines is 2. The minimum absolute atomic E-state index is 0.422. The average Bonchev–Trinajstić information content (AvgIpc) is 2.40. The lowest BCUT2D eigenvalue weighted by molar-refractivity contribution is 0.100. The summed E-state index contributed by atoms with van der Waals surface area (Å²) in [6, 6.07) is 12.2. The van der Waals surface area contributed by atoms with Crippen molar-refractivity contribution in [3.63, 3.8) is 0 Å². The molecule has 2 rings (SSSR count). The standard InChI is InChI=1S/C13H12N4OS/c14-12(18)9-4-6-10(7-5-9)16-13(19)17-11-3-1-2-8-15-11/h1-8H,(H2,14,18)(H2,15,16,17,19). The summed E-state index contributed by atoms with van der Waals surface area (Å²) in [5.41, 5.74) is 6.38. The molecule has 1 aromatic carbocycles. The quantitative estimate of drug-likeness (QED) is 0.745. The van der Waals surface area contributed by atoms with Crippen molar-refractivity contribution in [2.45, 2.75) is 0 Å². The molecule has 0 aliphatic rings. The number of thiocarbonyl (C=S) groups is 1. The highest BCUT2D eigenvalue weighted by atomic mass is 32.1. The first-order valence-corrected chi connectivity index (χ1v) is 5.95. The average molecular weight is 272 g/mol. The van der Waals surface area contributed by atoms with Crippen LogP contribution < -0.4 is 16.4 Å². The third-order valence-electron chi connectivity index (χ3n) is 2.33. The van der Waals surface area contributed by atoms with Gasteiger partial charge in [-0.3, -0.25) is 4.79 Å². The predicted molar refractivity (Wildman–Crippen MR) is 79.0 cm³/mol. The minimum atomic E-state index is -0.458. The smallest absolute Gasteiger partial charge is 0.248 e. The zero-order chi connectivity index (χ0) is 13.7. The zero-order valence-corrected chi connectivity index (χ0v) is 10.8. The molecule has 1 aromatic heterocycles. The number of hydrogen-bond donors (Lipinski definition) is 3. The number of amides is 1. The van der Waals surface area contributed by atoms with Crippen molar-refractivity contribution in [2.24, 2.45) is 5.73 Å². The fraction of sp³-hybridized carbons (Fsp3) is 0. The van der Waals surface area contributed by atoms with Gasteiger partial charge in [-0.2, -0.15) is 0 Å². The van der Waals surface area contributed by atoms with Crippen molar-refractivity contribution < 1.29 is 4.79 Å². The van der Waals surface area contributed by atoms with Crippen LogP contribution in [-0.4, -0.2) is 16.0 Å². The molecule has 0 atom stereocenters. The van der Waals surface area contributed by atoms with Gasteiger partial charge < -0.3 is 16.4 Å². The number of benzene rings is 1. The molecule has 0 spiro atoms. The lowest BCUT2D eigenvalue weighted by atomic mass is 10.2. The molecule has 5 nitrogen and oxygen atoms in total. The Labute approximate surface area is 115 Å². The summed E-state index contributed by atoms with van der Waals surface area (Å²) in [5.74, 6) is 0.203. The van der Waals surface area contributed by atoms with Crippen LogP contribution in [0, 0.1) is 0 Å². The van der Waals surface area contributed by atoms with E-state index < -0.39 is 5.91 Å². The van der Waals surface area contributed by atoms with Crippen LogP contribution in [0.15, 0.2) is 48.7 Å². The summed E-state index contributed by atoms with van der Waals surface area (Å²) in [5, 5.41) is 6.35. The van der Waals surface area contributed by atoms with Crippen molar-refractivity contribution in [1.82, 2.24) is 4.98 Å². The van der Waals surface area contributed by atoms with Gasteiger partial charge in [-0.15, -0.1) is 0 Å². The molecule has 1 amide bonds. The van der Waals surface area contributed by atoms with E-state index in [2.05, 4.69) is 15.6 Å². The van der Waals surface area contributed by atoms with Crippen molar-refractivity contribution in [2.75, 3.05) is 10.6 Å². The van der Waals surface area contributed by atoms with Gasteiger partial charge in [-0.1, -0.05) is 6.07 Å². The van der Waals surface area contributed by atoms with E-state index in [9.17, 15) is 4.79 Å². The van der Waals surface area contributed by atoms with E-state index in [-0.39, 0.29) is 0 Å². The van der Waals surface area contributed by atoms with E-state index in [1.165, 1.54) is 0 Å². The number of nitrogens with two attached hydrogens (primary N) is 1. The maximum Gasteiger partial charge on any atom is 0.248 e. The normalized spacial score (nSPS) is 9.68. The zero-order valence-electron chi connectivity index (χ0n) is 9.96. The van der Waals surface area contributed by atoms with Gasteiger partial charge in [0.25, 0.3) is 0 Å². The number of nitrogens with zero attached hydrogens (tertiary/aromatic N) is 1. The highest BCUT2D eigenvalue weighted by Gasteiger charge is 2.02. The number of carbonyl (C=O) groups excluding carboxylic acids is 1. The maximum atomic E-state index is 10.9. The first-order valence-electron chi connectivity index (χ1n) is 5.54. The second-order valence-corrected chi connectivity index (χ2v) is 4.14. The molecule has 0 bridgehead atoms. The van der Waals surface area contributed by atoms with Crippen molar-refractivity contribution in [1.29, 1.82) is 0 Å². The number of primary amides is 1. The molecule has 2 aromatic rings. The summed E-state index contributed by atoms with van der Waals surface area (Å²) >= 11 is 5.15. The summed E-state index contributed by atoms with van der Waals surface area (Å²) in [4.78, 5) is 15.0. The molecule has 4 N–H and O–H groups in total. The lowest BCUT2D eigenvalue weighted by Crippen LogP contribution is -2.19. The third-order valence-corrected chi connectivity index (χ3v) is 2.54. The molecule has 0 unspecified atom stereocenters. The fourth-order valence-corrected chi connectivity index (χ4v) is 1.66. The first kappa shape index (κ1) is 13.0. The number of aromatic nitrogens is 1. The molecular formula is C13H12N4OS. The molecule has 0 saturated heterocycles. The van der Waals surface area contributed by atoms with Crippen LogP contribution in [0.4, 0.5) is 11.5 Å². The molecule has 1 heterocycles. The Bertz CT molecular complexity index is 583. The van der Waals surface area contributed by atoms with E-state index >= 15 is 0 Å². The molecule has 0 aliphatic carbocycles. The van der Waals surface area contributed by atoms with Gasteiger partial charge >= 0.3 is 0 Å². The van der Waals surface area contributed by atoms with E-state index in [4.69, 9.17) is 18.0 Å². The SMILES string of the molecule is NC(=O)c1ccc(NC(=S)Nc2ccccn2)cc1. The number of nitrogens with one attached hydrogen (secondary N) is 2. The number of rotatable bonds is 3. The largest absolute Gasteiger partial charge is 0.366 e. The molecule has 96 valence electrons. The molecule has 0 saturated carbocycles. The van der Waals surface area contributed by atoms with Crippen LogP contribution in [-0.2, 0) is 0 Å². The van der Waals surface area contributed by atoms with E-state index in [1.54, 1.807) is 30.5 Å². The molecule has 6 heteroatoms. The third kappa shape index (κ3) is 3.75. The van der Waals surface area contributed by atoms with Gasteiger partial charge in [0.15, 0.2) is 5.11 Å². The van der Waals surface area contributed by atoms with Crippen LogP contribution in [0.3, 0.4) is 0 Å². The number of hydrogen-bond acceptors (Lipinski definition) is 3. The van der Waals surface area contributed by atoms with Crippen molar-refractivity contribution in [3.8, 4) is 0 Å². The summed E-state index contributed by atoms with van der Waals surface area (Å²) in [6.07, 6.45) is 1.67. The second-order valence-electron chi connectivity index (χ2n) is 3.74. The van der Waals surface area contributed by atoms with Crippen LogP contribution in [0.25, 0.3) is 0 Å². The van der Waals surface area contributed by atoms with Gasteiger partial charge in [-0.05, 0) is 48.6 Å². The van der Waals surface area contributed by atoms with Gasteiger partial charge in [0.05, 0.1) is 0 Å². The Morgan fingerprint density at radius 1 is 1.11 bits per heavy atom. The van der Waals surface area contributed by atoms with Crippen LogP contribution >= 0.6 is 12.2 Å². The van der Waals surface area contributed by atoms with E-state index in [0.29, 0.717) is 16.5 Å². The predicted octanol–water partition coefficient (Wildman–Crippen LogP) is 1.99. The Hall–Kier alpha value is -2.47. The monoisotopic (exact) mass is 272 g/mol. The van der Waals surface area contributed by atoms with Gasteiger partial charge in [-0.25, -0.2) is 4.98 Å². The molecule has 0 aliphatic heterocycles. The highest BCUT2D eigenvalue weighted by Crippen LogP contribution is 2.10. The Morgan fingerprint density at radius 2 is 1.84 bits per heavy atom. The Morgan fingerprint density at radius 3 is 2.42 bits per heavy atom. The number of carbonyl (C=O) groups is 1. The number of pyridine rings is 1. The van der Waals surface area contributed by atoms with Crippen LogP contribution in [0.5, 0.6) is 0 Å². The van der Waals surface area contributed by atoms with Crippen molar-refractivity contribution >= 4 is 34.7 Å². The molecular weight excluding hydrogens is 260 g/mol. The van der Waals surface area contributed by atoms with Gasteiger partial charge in [0, 0.05) is 17.4 Å². The Balaban J connectivity index is 1.97. The van der Waals surface area contributed by atoms with E-state index in [1.807, 2.05) is 18.2 Å². The Kier molecular flexibility index (Phi) is 4.04. The van der Waals surface area contributed by atoms with Gasteiger partial charge in [0.2, 0.25) is 5.91 Å². The fourth-order valence-electron chi connectivity index (χ4n) is 1.43. The summed E-state index contributed by atoms with van der Waals surface area (Å²) in [6.45, 7) is 0. The minimum Gasteiger partial charge on any atom is -0.366 e. The maximum absolute atomic E-state index is 10.9. The van der Waals surface area contributed by atoms with Crippen LogP contribution in [0.2, 0.25) is 0 Å². The molecule has 0 fully saturated rings.